The molecule has 0 atom stereocenters. The van der Waals surface area contributed by atoms with Crippen LogP contribution in [-0.4, -0.2) is 11.6 Å². The molecule has 3 aliphatic rings. The van der Waals surface area contributed by atoms with Crippen LogP contribution in [0.1, 0.15) is 55.6 Å². The third kappa shape index (κ3) is 2.28. The molecule has 4 rings (SSSR count). The second-order valence-electron chi connectivity index (χ2n) is 6.63. The number of Topliss-reactive ketones (excluding diaryl/α,β-unsaturated/α-hetero) is 2. The van der Waals surface area contributed by atoms with Gasteiger partial charge in [-0.15, -0.1) is 0 Å². The maximum Gasteiger partial charge on any atom is 0.161 e. The molecule has 0 amide bonds. The van der Waals surface area contributed by atoms with Crippen LogP contribution in [0.2, 0.25) is 0 Å². The fraction of sp³-hybridized carbons (Fsp3) is 0.350. The molecule has 120 valence electrons. The Bertz CT molecular complexity index is 795. The number of carbonyl (C=O) groups excluding carboxylic acids is 2. The summed E-state index contributed by atoms with van der Waals surface area (Å²) in [6.07, 6.45) is 4.54. The Morgan fingerprint density at radius 1 is 0.875 bits per heavy atom. The molecular formula is C20H18N2O2. The first-order valence-corrected chi connectivity index (χ1v) is 8.48. The molecule has 0 fully saturated rings. The van der Waals surface area contributed by atoms with E-state index in [9.17, 15) is 9.59 Å². The number of hydrogen-bond acceptors (Lipinski definition) is 4. The summed E-state index contributed by atoms with van der Waals surface area (Å²) in [5.74, 6) is 0.00987. The van der Waals surface area contributed by atoms with Crippen LogP contribution in [0, 0.1) is 11.3 Å². The third-order valence-corrected chi connectivity index (χ3v) is 5.16. The number of dihydropyridines is 1. The molecule has 0 bridgehead atoms. The summed E-state index contributed by atoms with van der Waals surface area (Å²) in [6.45, 7) is 0. The topological polar surface area (TPSA) is 70.0 Å². The molecular weight excluding hydrogens is 300 g/mol. The van der Waals surface area contributed by atoms with Gasteiger partial charge >= 0.3 is 0 Å². The summed E-state index contributed by atoms with van der Waals surface area (Å²) in [5.41, 5.74) is 5.03. The van der Waals surface area contributed by atoms with E-state index in [1.807, 2.05) is 12.1 Å². The fourth-order valence-electron chi connectivity index (χ4n) is 4.07. The number of nitrogens with zero attached hydrogens (tertiary/aromatic N) is 1. The van der Waals surface area contributed by atoms with E-state index in [-0.39, 0.29) is 17.5 Å². The Morgan fingerprint density at radius 3 is 1.92 bits per heavy atom. The number of allylic oxidation sites excluding steroid dienone is 4. The minimum absolute atomic E-state index is 0.142. The number of nitrogens with one attached hydrogen (secondary N) is 1. The van der Waals surface area contributed by atoms with Gasteiger partial charge in [-0.2, -0.15) is 5.26 Å². The van der Waals surface area contributed by atoms with E-state index in [4.69, 9.17) is 5.26 Å². The van der Waals surface area contributed by atoms with Crippen LogP contribution in [0.3, 0.4) is 0 Å². The molecule has 0 spiro atoms. The predicted octanol–water partition coefficient (Wildman–Crippen LogP) is 3.26. The number of carbonyl (C=O) groups is 2. The van der Waals surface area contributed by atoms with Crippen LogP contribution in [-0.2, 0) is 9.59 Å². The highest BCUT2D eigenvalue weighted by molar-refractivity contribution is 6.06. The summed E-state index contributed by atoms with van der Waals surface area (Å²) in [7, 11) is 0. The van der Waals surface area contributed by atoms with Crippen molar-refractivity contribution in [3.63, 3.8) is 0 Å². The number of rotatable bonds is 1. The molecule has 24 heavy (non-hydrogen) atoms. The lowest BCUT2D eigenvalue weighted by molar-refractivity contribution is -0.116. The van der Waals surface area contributed by atoms with Gasteiger partial charge in [0.2, 0.25) is 0 Å². The highest BCUT2D eigenvalue weighted by atomic mass is 16.1. The first-order valence-electron chi connectivity index (χ1n) is 8.48. The van der Waals surface area contributed by atoms with E-state index in [1.165, 1.54) is 0 Å². The SMILES string of the molecule is N#Cc1ccc(C2C3=C(CCCC3=O)NC3=C2C(=O)CCC3)cc1. The Kier molecular flexibility index (Phi) is 3.57. The van der Waals surface area contributed by atoms with Gasteiger partial charge in [0, 0.05) is 41.3 Å². The van der Waals surface area contributed by atoms with Crippen molar-refractivity contribution < 1.29 is 9.59 Å². The zero-order valence-corrected chi connectivity index (χ0v) is 13.4. The van der Waals surface area contributed by atoms with Gasteiger partial charge in [-0.1, -0.05) is 12.1 Å². The van der Waals surface area contributed by atoms with Gasteiger partial charge in [0.15, 0.2) is 11.6 Å². The maximum atomic E-state index is 12.6. The van der Waals surface area contributed by atoms with Crippen LogP contribution in [0.5, 0.6) is 0 Å². The van der Waals surface area contributed by atoms with Crippen molar-refractivity contribution in [2.45, 2.75) is 44.4 Å². The first-order chi connectivity index (χ1) is 11.7. The number of benzene rings is 1. The van der Waals surface area contributed by atoms with E-state index in [2.05, 4.69) is 11.4 Å². The molecule has 1 aliphatic heterocycles. The van der Waals surface area contributed by atoms with Gasteiger partial charge in [0.05, 0.1) is 11.6 Å². The molecule has 0 radical (unpaired) electrons. The van der Waals surface area contributed by atoms with Crippen molar-refractivity contribution in [2.24, 2.45) is 0 Å². The summed E-state index contributed by atoms with van der Waals surface area (Å²) in [6, 6.07) is 9.41. The van der Waals surface area contributed by atoms with Crippen molar-refractivity contribution in [1.29, 1.82) is 5.26 Å². The second kappa shape index (κ2) is 5.76. The van der Waals surface area contributed by atoms with Crippen LogP contribution < -0.4 is 5.32 Å². The lowest BCUT2D eigenvalue weighted by Crippen LogP contribution is -2.36. The van der Waals surface area contributed by atoms with Crippen molar-refractivity contribution in [1.82, 2.24) is 5.32 Å². The second-order valence-corrected chi connectivity index (χ2v) is 6.63. The van der Waals surface area contributed by atoms with E-state index >= 15 is 0 Å². The van der Waals surface area contributed by atoms with Crippen LogP contribution in [0.25, 0.3) is 0 Å². The average molecular weight is 318 g/mol. The number of hydrogen-bond donors (Lipinski definition) is 1. The molecule has 1 aromatic rings. The minimum atomic E-state index is -0.274. The van der Waals surface area contributed by atoms with Crippen molar-refractivity contribution >= 4 is 11.6 Å². The highest BCUT2D eigenvalue weighted by Crippen LogP contribution is 2.45. The normalized spacial score (nSPS) is 21.1. The third-order valence-electron chi connectivity index (χ3n) is 5.16. The van der Waals surface area contributed by atoms with Crippen LogP contribution in [0.4, 0.5) is 0 Å². The van der Waals surface area contributed by atoms with E-state index in [0.717, 1.165) is 53.8 Å². The molecule has 1 aromatic carbocycles. The molecule has 4 nitrogen and oxygen atoms in total. The highest BCUT2D eigenvalue weighted by Gasteiger charge is 2.39. The van der Waals surface area contributed by atoms with Crippen molar-refractivity contribution in [3.05, 3.63) is 57.9 Å². The van der Waals surface area contributed by atoms with Gasteiger partial charge in [0.1, 0.15) is 0 Å². The van der Waals surface area contributed by atoms with E-state index < -0.39 is 0 Å². The number of nitriles is 1. The van der Waals surface area contributed by atoms with Crippen LogP contribution in [0.15, 0.2) is 46.8 Å². The van der Waals surface area contributed by atoms with E-state index in [1.54, 1.807) is 12.1 Å². The standard InChI is InChI=1S/C20H18N2O2/c21-11-12-7-9-13(10-8-12)18-19-14(3-1-5-16(19)23)22-15-4-2-6-17(24)20(15)18/h7-10,18,22H,1-6H2. The Hall–Kier alpha value is -2.67. The summed E-state index contributed by atoms with van der Waals surface area (Å²) >= 11 is 0. The lowest BCUT2D eigenvalue weighted by atomic mass is 9.71. The molecule has 1 heterocycles. The number of ketones is 2. The Labute approximate surface area is 140 Å². The molecule has 0 aromatic heterocycles. The van der Waals surface area contributed by atoms with E-state index in [0.29, 0.717) is 18.4 Å². The monoisotopic (exact) mass is 318 g/mol. The molecule has 0 saturated heterocycles. The summed E-state index contributed by atoms with van der Waals surface area (Å²) in [4.78, 5) is 25.3. The smallest absolute Gasteiger partial charge is 0.161 e. The van der Waals surface area contributed by atoms with Gasteiger partial charge in [-0.3, -0.25) is 9.59 Å². The molecule has 0 saturated carbocycles. The van der Waals surface area contributed by atoms with Crippen molar-refractivity contribution in [2.75, 3.05) is 0 Å². The van der Waals surface area contributed by atoms with Crippen molar-refractivity contribution in [3.8, 4) is 6.07 Å². The largest absolute Gasteiger partial charge is 0.362 e. The molecule has 4 heteroatoms. The van der Waals surface area contributed by atoms with Gasteiger partial charge in [-0.25, -0.2) is 0 Å². The zero-order chi connectivity index (χ0) is 16.7. The fourth-order valence-corrected chi connectivity index (χ4v) is 4.07. The quantitative estimate of drug-likeness (QED) is 0.863. The van der Waals surface area contributed by atoms with Gasteiger partial charge < -0.3 is 5.32 Å². The first kappa shape index (κ1) is 14.9. The summed E-state index contributed by atoms with van der Waals surface area (Å²) in [5, 5.41) is 12.4. The molecule has 0 unspecified atom stereocenters. The molecule has 2 aliphatic carbocycles. The minimum Gasteiger partial charge on any atom is -0.362 e. The molecule has 1 N–H and O–H groups in total. The van der Waals surface area contributed by atoms with Gasteiger partial charge in [0.25, 0.3) is 0 Å². The Balaban J connectivity index is 1.89. The van der Waals surface area contributed by atoms with Crippen LogP contribution >= 0.6 is 0 Å². The summed E-state index contributed by atoms with van der Waals surface area (Å²) < 4.78 is 0. The predicted molar refractivity (Wildman–Crippen MR) is 88.8 cm³/mol. The lowest BCUT2D eigenvalue weighted by Gasteiger charge is -2.37. The zero-order valence-electron chi connectivity index (χ0n) is 13.4. The Morgan fingerprint density at radius 2 is 1.42 bits per heavy atom. The maximum absolute atomic E-state index is 12.6. The van der Waals surface area contributed by atoms with Gasteiger partial charge in [-0.05, 0) is 43.4 Å². The average Bonchev–Trinajstić information content (AvgIpc) is 2.61.